The van der Waals surface area contributed by atoms with E-state index in [1.807, 2.05) is 6.92 Å². The summed E-state index contributed by atoms with van der Waals surface area (Å²) in [5.74, 6) is 3.88. The molecule has 146 valence electrons. The van der Waals surface area contributed by atoms with Crippen LogP contribution in [0.15, 0.2) is 46.4 Å². The molecule has 4 heteroatoms. The molecule has 0 fully saturated rings. The van der Waals surface area contributed by atoms with Gasteiger partial charge >= 0.3 is 0 Å². The predicted molar refractivity (Wildman–Crippen MR) is 109 cm³/mol. The van der Waals surface area contributed by atoms with Crippen LogP contribution in [0.2, 0.25) is 0 Å². The fourth-order valence-corrected chi connectivity index (χ4v) is 4.44. The zero-order valence-corrected chi connectivity index (χ0v) is 17.4. The lowest BCUT2D eigenvalue weighted by Crippen LogP contribution is -2.35. The van der Waals surface area contributed by atoms with Crippen LogP contribution in [0, 0.1) is 30.6 Å². The predicted octanol–water partition coefficient (Wildman–Crippen LogP) is 4.91. The van der Waals surface area contributed by atoms with Gasteiger partial charge in [-0.05, 0) is 49.6 Å². The van der Waals surface area contributed by atoms with Crippen molar-refractivity contribution in [2.24, 2.45) is 23.7 Å². The van der Waals surface area contributed by atoms with E-state index in [1.165, 1.54) is 17.6 Å². The van der Waals surface area contributed by atoms with E-state index in [-0.39, 0.29) is 0 Å². The first-order valence-corrected chi connectivity index (χ1v) is 10.1. The zero-order valence-electron chi connectivity index (χ0n) is 17.4. The lowest BCUT2D eigenvalue weighted by molar-refractivity contribution is 0.172. The van der Waals surface area contributed by atoms with Crippen molar-refractivity contribution in [3.05, 3.63) is 59.3 Å². The van der Waals surface area contributed by atoms with Crippen molar-refractivity contribution in [2.45, 2.75) is 47.1 Å². The van der Waals surface area contributed by atoms with Gasteiger partial charge in [0.05, 0.1) is 0 Å². The quantitative estimate of drug-likeness (QED) is 0.652. The molecule has 3 atom stereocenters. The van der Waals surface area contributed by atoms with Crippen LogP contribution < -0.4 is 0 Å². The summed E-state index contributed by atoms with van der Waals surface area (Å²) in [5, 5.41) is 8.19. The molecule has 1 aromatic heterocycles. The number of nitrogens with zero attached hydrogens (tertiary/aromatic N) is 3. The fraction of sp³-hybridized carbons (Fsp3) is 0.565. The molecule has 1 aromatic carbocycles. The van der Waals surface area contributed by atoms with Gasteiger partial charge in [-0.2, -0.15) is 0 Å². The highest BCUT2D eigenvalue weighted by Crippen LogP contribution is 2.39. The van der Waals surface area contributed by atoms with Gasteiger partial charge < -0.3 is 9.32 Å². The standard InChI is InChI=1S/C23H33N3O/c1-16(2)22-12-20(13-23-25-24-18(4)27-23)17(3)11-21(22)15-26(5)14-19-9-7-6-8-10-19/h6-11,16,20-22H,12-15H2,1-5H3/t20-,21+,22+/m1/s1. The van der Waals surface area contributed by atoms with Crippen LogP contribution in [0.3, 0.4) is 0 Å². The van der Waals surface area contributed by atoms with Gasteiger partial charge in [-0.25, -0.2) is 0 Å². The van der Waals surface area contributed by atoms with Gasteiger partial charge in [-0.1, -0.05) is 55.8 Å². The summed E-state index contributed by atoms with van der Waals surface area (Å²) in [7, 11) is 2.24. The Bertz CT molecular complexity index is 750. The first-order valence-electron chi connectivity index (χ1n) is 10.1. The summed E-state index contributed by atoms with van der Waals surface area (Å²) >= 11 is 0. The van der Waals surface area contributed by atoms with Crippen LogP contribution in [0.1, 0.15) is 44.5 Å². The van der Waals surface area contributed by atoms with Crippen LogP contribution in [0.4, 0.5) is 0 Å². The first-order chi connectivity index (χ1) is 12.9. The molecule has 0 saturated carbocycles. The minimum Gasteiger partial charge on any atom is -0.426 e. The largest absolute Gasteiger partial charge is 0.426 e. The number of aryl methyl sites for hydroxylation is 1. The molecule has 0 radical (unpaired) electrons. The molecule has 27 heavy (non-hydrogen) atoms. The summed E-state index contributed by atoms with van der Waals surface area (Å²) in [6.07, 6.45) is 4.58. The third-order valence-electron chi connectivity index (χ3n) is 5.89. The van der Waals surface area contributed by atoms with Crippen molar-refractivity contribution in [3.63, 3.8) is 0 Å². The second-order valence-electron chi connectivity index (χ2n) is 8.52. The van der Waals surface area contributed by atoms with Gasteiger partial charge in [-0.3, -0.25) is 0 Å². The number of hydrogen-bond acceptors (Lipinski definition) is 4. The lowest BCUT2D eigenvalue weighted by Gasteiger charge is -2.38. The second-order valence-corrected chi connectivity index (χ2v) is 8.52. The van der Waals surface area contributed by atoms with Crippen LogP contribution in [-0.2, 0) is 13.0 Å². The summed E-state index contributed by atoms with van der Waals surface area (Å²) in [5.41, 5.74) is 2.85. The van der Waals surface area contributed by atoms with Gasteiger partial charge in [0.15, 0.2) is 0 Å². The molecule has 1 aliphatic rings. The molecule has 0 unspecified atom stereocenters. The Morgan fingerprint density at radius 3 is 2.52 bits per heavy atom. The van der Waals surface area contributed by atoms with E-state index in [1.54, 1.807) is 0 Å². The van der Waals surface area contributed by atoms with Crippen molar-refractivity contribution >= 4 is 0 Å². The molecule has 0 N–H and O–H groups in total. The SMILES string of the molecule is CC1=C[C@@H](CN(C)Cc2ccccc2)[C@H](C(C)C)C[C@@H]1Cc1nnc(C)o1. The smallest absolute Gasteiger partial charge is 0.217 e. The maximum atomic E-state index is 5.63. The molecule has 0 amide bonds. The summed E-state index contributed by atoms with van der Waals surface area (Å²) < 4.78 is 5.63. The van der Waals surface area contributed by atoms with Crippen LogP contribution in [0.25, 0.3) is 0 Å². The maximum Gasteiger partial charge on any atom is 0.217 e. The lowest BCUT2D eigenvalue weighted by atomic mass is 9.69. The number of benzene rings is 1. The minimum absolute atomic E-state index is 0.507. The highest BCUT2D eigenvalue weighted by atomic mass is 16.4. The van der Waals surface area contributed by atoms with Crippen LogP contribution in [0.5, 0.6) is 0 Å². The normalized spacial score (nSPS) is 23.1. The molecule has 0 saturated heterocycles. The highest BCUT2D eigenvalue weighted by molar-refractivity contribution is 5.16. The average molecular weight is 368 g/mol. The summed E-state index contributed by atoms with van der Waals surface area (Å²) in [4.78, 5) is 2.46. The Balaban J connectivity index is 1.68. The third-order valence-corrected chi connectivity index (χ3v) is 5.89. The molecule has 3 rings (SSSR count). The van der Waals surface area contributed by atoms with E-state index in [0.29, 0.717) is 29.6 Å². The van der Waals surface area contributed by atoms with E-state index in [4.69, 9.17) is 4.42 Å². The van der Waals surface area contributed by atoms with E-state index in [0.717, 1.165) is 25.4 Å². The van der Waals surface area contributed by atoms with E-state index in [2.05, 4.69) is 79.3 Å². The van der Waals surface area contributed by atoms with E-state index in [9.17, 15) is 0 Å². The summed E-state index contributed by atoms with van der Waals surface area (Å²) in [6.45, 7) is 10.9. The van der Waals surface area contributed by atoms with Crippen molar-refractivity contribution in [3.8, 4) is 0 Å². The molecular formula is C23H33N3O. The van der Waals surface area contributed by atoms with Gasteiger partial charge in [0, 0.05) is 26.4 Å². The van der Waals surface area contributed by atoms with Crippen molar-refractivity contribution in [1.29, 1.82) is 0 Å². The molecule has 0 bridgehead atoms. The molecular weight excluding hydrogens is 334 g/mol. The minimum atomic E-state index is 0.507. The molecule has 2 aromatic rings. The number of rotatable bonds is 7. The Morgan fingerprint density at radius 1 is 1.15 bits per heavy atom. The monoisotopic (exact) mass is 367 g/mol. The van der Waals surface area contributed by atoms with Crippen LogP contribution >= 0.6 is 0 Å². The van der Waals surface area contributed by atoms with Gasteiger partial charge in [0.25, 0.3) is 0 Å². The van der Waals surface area contributed by atoms with Gasteiger partial charge in [0.1, 0.15) is 0 Å². The van der Waals surface area contributed by atoms with Crippen molar-refractivity contribution < 1.29 is 4.42 Å². The Morgan fingerprint density at radius 2 is 1.89 bits per heavy atom. The fourth-order valence-electron chi connectivity index (χ4n) is 4.44. The topological polar surface area (TPSA) is 42.2 Å². The Hall–Kier alpha value is -1.94. The van der Waals surface area contributed by atoms with E-state index < -0.39 is 0 Å². The number of allylic oxidation sites excluding steroid dienone is 1. The Kier molecular flexibility index (Phi) is 6.48. The van der Waals surface area contributed by atoms with Crippen molar-refractivity contribution in [2.75, 3.05) is 13.6 Å². The first kappa shape index (κ1) is 19.8. The van der Waals surface area contributed by atoms with Crippen molar-refractivity contribution in [1.82, 2.24) is 15.1 Å². The van der Waals surface area contributed by atoms with E-state index >= 15 is 0 Å². The summed E-state index contributed by atoms with van der Waals surface area (Å²) in [6, 6.07) is 10.7. The molecule has 0 spiro atoms. The van der Waals surface area contributed by atoms with Gasteiger partial charge in [0.2, 0.25) is 11.8 Å². The van der Waals surface area contributed by atoms with Gasteiger partial charge in [-0.15, -0.1) is 10.2 Å². The number of aromatic nitrogens is 2. The third kappa shape index (κ3) is 5.29. The maximum absolute atomic E-state index is 5.63. The Labute approximate surface area is 163 Å². The second kappa shape index (κ2) is 8.83. The zero-order chi connectivity index (χ0) is 19.4. The molecule has 0 aliphatic heterocycles. The van der Waals surface area contributed by atoms with Crippen LogP contribution in [-0.4, -0.2) is 28.7 Å². The number of hydrogen-bond donors (Lipinski definition) is 0. The molecule has 1 heterocycles. The highest BCUT2D eigenvalue weighted by Gasteiger charge is 2.32. The average Bonchev–Trinajstić information content (AvgIpc) is 3.02. The molecule has 4 nitrogen and oxygen atoms in total. The molecule has 1 aliphatic carbocycles.